The highest BCUT2D eigenvalue weighted by molar-refractivity contribution is 6.01. The average molecular weight is 476 g/mol. The Morgan fingerprint density at radius 1 is 0.722 bits per heavy atom. The van der Waals surface area contributed by atoms with Crippen molar-refractivity contribution in [3.05, 3.63) is 89.6 Å². The van der Waals surface area contributed by atoms with Gasteiger partial charge in [0.15, 0.2) is 0 Å². The van der Waals surface area contributed by atoms with Crippen LogP contribution in [-0.2, 0) is 5.41 Å². The first kappa shape index (κ1) is 21.5. The fraction of sp³-hybridized carbons (Fsp3) is 0.323. The van der Waals surface area contributed by atoms with Gasteiger partial charge in [-0.1, -0.05) is 48.5 Å². The van der Waals surface area contributed by atoms with E-state index in [-0.39, 0.29) is 17.2 Å². The second-order valence-electron chi connectivity index (χ2n) is 11.2. The minimum atomic E-state index is -0.388. The van der Waals surface area contributed by atoms with Crippen LogP contribution in [0, 0.1) is 17.8 Å². The molecule has 4 fully saturated rings. The summed E-state index contributed by atoms with van der Waals surface area (Å²) in [5, 5.41) is 3.21. The predicted molar refractivity (Wildman–Crippen MR) is 140 cm³/mol. The molecule has 0 saturated heterocycles. The third kappa shape index (κ3) is 3.57. The molecule has 4 bridgehead atoms. The van der Waals surface area contributed by atoms with E-state index in [0.29, 0.717) is 11.3 Å². The molecule has 1 aromatic heterocycles. The van der Waals surface area contributed by atoms with Crippen LogP contribution in [0.25, 0.3) is 21.7 Å². The summed E-state index contributed by atoms with van der Waals surface area (Å²) in [6.07, 6.45) is 7.76. The first-order valence-electron chi connectivity index (χ1n) is 13.1. The quantitative estimate of drug-likeness (QED) is 0.361. The number of carbonyl (C=O) groups is 2. The first-order valence-corrected chi connectivity index (χ1v) is 13.1. The molecule has 4 aromatic rings. The second-order valence-corrected chi connectivity index (χ2v) is 11.2. The number of hydrazine groups is 1. The van der Waals surface area contributed by atoms with Gasteiger partial charge >= 0.3 is 0 Å². The summed E-state index contributed by atoms with van der Waals surface area (Å²) in [6, 6.07) is 23.6. The second kappa shape index (κ2) is 8.16. The van der Waals surface area contributed by atoms with Crippen LogP contribution < -0.4 is 10.9 Å². The van der Waals surface area contributed by atoms with Crippen LogP contribution in [-0.4, -0.2) is 16.8 Å². The van der Waals surface area contributed by atoms with Gasteiger partial charge in [0.25, 0.3) is 11.8 Å². The monoisotopic (exact) mass is 475 g/mol. The Kier molecular flexibility index (Phi) is 4.88. The fourth-order valence-corrected chi connectivity index (χ4v) is 7.75. The minimum absolute atomic E-state index is 0.140. The van der Waals surface area contributed by atoms with E-state index in [2.05, 4.69) is 23.0 Å². The van der Waals surface area contributed by atoms with Gasteiger partial charge in [0.2, 0.25) is 0 Å². The molecular weight excluding hydrogens is 446 g/mol. The smallest absolute Gasteiger partial charge is 0.267 e. The van der Waals surface area contributed by atoms with Gasteiger partial charge in [-0.3, -0.25) is 20.4 Å². The molecule has 1 heterocycles. The van der Waals surface area contributed by atoms with Crippen molar-refractivity contribution in [2.24, 2.45) is 17.8 Å². The van der Waals surface area contributed by atoms with E-state index < -0.39 is 0 Å². The zero-order valence-electron chi connectivity index (χ0n) is 20.2. The number of nitrogens with one attached hydrogen (secondary N) is 2. The van der Waals surface area contributed by atoms with Crippen LogP contribution in [0.5, 0.6) is 0 Å². The molecule has 5 heteroatoms. The van der Waals surface area contributed by atoms with Crippen LogP contribution in [0.4, 0.5) is 0 Å². The lowest BCUT2D eigenvalue weighted by atomic mass is 9.48. The van der Waals surface area contributed by atoms with Gasteiger partial charge in [0.1, 0.15) is 5.69 Å². The zero-order valence-corrected chi connectivity index (χ0v) is 20.2. The summed E-state index contributed by atoms with van der Waals surface area (Å²) in [4.78, 5) is 30.7. The summed E-state index contributed by atoms with van der Waals surface area (Å²) < 4.78 is 0. The molecule has 0 spiro atoms. The highest BCUT2D eigenvalue weighted by Gasteiger charge is 2.52. The van der Waals surface area contributed by atoms with Crippen LogP contribution in [0.1, 0.15) is 64.9 Å². The number of benzene rings is 3. The fourth-order valence-electron chi connectivity index (χ4n) is 7.75. The molecule has 180 valence electrons. The molecule has 2 N–H and O–H groups in total. The maximum Gasteiger partial charge on any atom is 0.288 e. The van der Waals surface area contributed by atoms with Gasteiger partial charge < -0.3 is 0 Å². The minimum Gasteiger partial charge on any atom is -0.267 e. The number of amides is 2. The highest BCUT2D eigenvalue weighted by Crippen LogP contribution is 2.61. The lowest BCUT2D eigenvalue weighted by Gasteiger charge is -2.57. The Morgan fingerprint density at radius 2 is 1.36 bits per heavy atom. The van der Waals surface area contributed by atoms with Gasteiger partial charge in [0, 0.05) is 10.9 Å². The maximum atomic E-state index is 13.2. The molecule has 36 heavy (non-hydrogen) atoms. The lowest BCUT2D eigenvalue weighted by Crippen LogP contribution is -2.48. The third-order valence-corrected chi connectivity index (χ3v) is 8.86. The van der Waals surface area contributed by atoms with Crippen molar-refractivity contribution in [1.82, 2.24) is 15.8 Å². The standard InChI is InChI=1S/C31H29N3O2/c35-29(24-10-9-22-5-1-2-6-23(22)14-24)33-34-30(36)28-15-26(25-7-3-4-8-27(25)32-28)31-16-19-11-20(17-31)13-21(12-19)18-31/h1-10,14-15,19-21H,11-13,16-18H2,(H,33,35)(H,34,36). The average Bonchev–Trinajstić information content (AvgIpc) is 2.89. The van der Waals surface area contributed by atoms with Crippen molar-refractivity contribution in [2.75, 3.05) is 0 Å². The molecule has 4 aliphatic rings. The molecule has 0 radical (unpaired) electrons. The molecule has 5 nitrogen and oxygen atoms in total. The number of hydrogen-bond donors (Lipinski definition) is 2. The van der Waals surface area contributed by atoms with Crippen LogP contribution in [0.15, 0.2) is 72.8 Å². The van der Waals surface area contributed by atoms with E-state index in [0.717, 1.165) is 39.4 Å². The molecule has 0 aliphatic heterocycles. The number of para-hydroxylation sites is 1. The van der Waals surface area contributed by atoms with Gasteiger partial charge in [-0.25, -0.2) is 4.98 Å². The zero-order chi connectivity index (χ0) is 24.3. The van der Waals surface area contributed by atoms with E-state index in [9.17, 15) is 9.59 Å². The number of fused-ring (bicyclic) bond motifs is 2. The molecule has 8 rings (SSSR count). The summed E-state index contributed by atoms with van der Waals surface area (Å²) in [5.74, 6) is 1.68. The summed E-state index contributed by atoms with van der Waals surface area (Å²) in [6.45, 7) is 0. The Labute approximate surface area is 210 Å². The van der Waals surface area contributed by atoms with E-state index in [4.69, 9.17) is 4.98 Å². The number of pyridine rings is 1. The normalized spacial score (nSPS) is 26.3. The number of rotatable bonds is 3. The Bertz CT molecular complexity index is 1490. The number of hydrogen-bond acceptors (Lipinski definition) is 3. The van der Waals surface area contributed by atoms with Crippen molar-refractivity contribution >= 4 is 33.5 Å². The first-order chi connectivity index (χ1) is 17.6. The molecule has 4 aliphatic carbocycles. The molecule has 4 saturated carbocycles. The van der Waals surface area contributed by atoms with Gasteiger partial charge in [-0.2, -0.15) is 0 Å². The molecule has 0 unspecified atom stereocenters. The van der Waals surface area contributed by atoms with Crippen molar-refractivity contribution in [3.8, 4) is 0 Å². The van der Waals surface area contributed by atoms with Crippen molar-refractivity contribution < 1.29 is 9.59 Å². The predicted octanol–water partition coefficient (Wildman–Crippen LogP) is 5.93. The maximum absolute atomic E-state index is 13.2. The highest BCUT2D eigenvalue weighted by atomic mass is 16.2. The van der Waals surface area contributed by atoms with E-state index in [1.54, 1.807) is 6.07 Å². The lowest BCUT2D eigenvalue weighted by molar-refractivity contribution is -0.00454. The van der Waals surface area contributed by atoms with Crippen molar-refractivity contribution in [2.45, 2.75) is 43.9 Å². The van der Waals surface area contributed by atoms with Gasteiger partial charge in [-0.15, -0.1) is 0 Å². The topological polar surface area (TPSA) is 71.1 Å². The molecule has 2 amide bonds. The third-order valence-electron chi connectivity index (χ3n) is 8.86. The van der Waals surface area contributed by atoms with Gasteiger partial charge in [-0.05, 0) is 102 Å². The molecular formula is C31H29N3O2. The number of carbonyl (C=O) groups excluding carboxylic acids is 2. The Balaban J connectivity index is 1.17. The van der Waals surface area contributed by atoms with Gasteiger partial charge in [0.05, 0.1) is 5.52 Å². The summed E-state index contributed by atoms with van der Waals surface area (Å²) >= 11 is 0. The van der Waals surface area contributed by atoms with Crippen LogP contribution in [0.3, 0.4) is 0 Å². The van der Waals surface area contributed by atoms with E-state index in [1.165, 1.54) is 44.1 Å². The largest absolute Gasteiger partial charge is 0.288 e. The Hall–Kier alpha value is -3.73. The SMILES string of the molecule is O=C(NNC(=O)c1cc(C23CC4CC(CC(C4)C2)C3)c2ccccc2n1)c1ccc2ccccc2c1. The van der Waals surface area contributed by atoms with Crippen molar-refractivity contribution in [3.63, 3.8) is 0 Å². The number of aromatic nitrogens is 1. The molecule has 0 atom stereocenters. The number of nitrogens with zero attached hydrogens (tertiary/aromatic N) is 1. The summed E-state index contributed by atoms with van der Waals surface area (Å²) in [7, 11) is 0. The summed E-state index contributed by atoms with van der Waals surface area (Å²) in [5.41, 5.74) is 8.31. The van der Waals surface area contributed by atoms with E-state index in [1.807, 2.05) is 54.6 Å². The van der Waals surface area contributed by atoms with Crippen LogP contribution in [0.2, 0.25) is 0 Å². The van der Waals surface area contributed by atoms with E-state index >= 15 is 0 Å². The Morgan fingerprint density at radius 3 is 2.11 bits per heavy atom. The molecule has 3 aromatic carbocycles. The van der Waals surface area contributed by atoms with Crippen molar-refractivity contribution in [1.29, 1.82) is 0 Å². The van der Waals surface area contributed by atoms with Crippen LogP contribution >= 0.6 is 0 Å².